The third-order valence-electron chi connectivity index (χ3n) is 3.49. The van der Waals surface area contributed by atoms with E-state index in [0.29, 0.717) is 24.9 Å². The number of fused-ring (bicyclic) bond motifs is 1. The number of nitrogens with zero attached hydrogens (tertiary/aromatic N) is 2. The number of Topliss-reactive ketones (excluding diaryl/α,β-unsaturated/α-hetero) is 1. The minimum absolute atomic E-state index is 0.100. The fraction of sp³-hybridized carbons (Fsp3) is 0.714. The Morgan fingerprint density at radius 2 is 2.17 bits per heavy atom. The van der Waals surface area contributed by atoms with Crippen molar-refractivity contribution < 1.29 is 14.1 Å². The van der Waals surface area contributed by atoms with Crippen LogP contribution in [0.2, 0.25) is 0 Å². The normalized spacial score (nSPS) is 15.2. The smallest absolute Gasteiger partial charge is 0.283 e. The van der Waals surface area contributed by atoms with Crippen molar-refractivity contribution in [1.82, 2.24) is 4.57 Å². The molecule has 1 aromatic heterocycles. The van der Waals surface area contributed by atoms with Crippen LogP contribution in [0.3, 0.4) is 0 Å². The lowest BCUT2D eigenvalue weighted by atomic mass is 10.1. The van der Waals surface area contributed by atoms with Crippen LogP contribution in [0.15, 0.2) is 6.20 Å². The van der Waals surface area contributed by atoms with Gasteiger partial charge >= 0.3 is 0 Å². The van der Waals surface area contributed by atoms with Crippen molar-refractivity contribution in [2.24, 2.45) is 5.92 Å². The molecule has 0 atom stereocenters. The van der Waals surface area contributed by atoms with E-state index in [2.05, 4.69) is 29.2 Å². The van der Waals surface area contributed by atoms with Crippen molar-refractivity contribution in [1.29, 1.82) is 0 Å². The van der Waals surface area contributed by atoms with Gasteiger partial charge < -0.3 is 4.74 Å². The molecule has 18 heavy (non-hydrogen) atoms. The number of ketones is 1. The topological polar surface area (TPSA) is 35.1 Å². The average molecular weight is 251 g/mol. The molecule has 1 aliphatic rings. The first-order chi connectivity index (χ1) is 8.50. The van der Waals surface area contributed by atoms with E-state index in [1.54, 1.807) is 0 Å². The lowest BCUT2D eigenvalue weighted by Gasteiger charge is -2.13. The summed E-state index contributed by atoms with van der Waals surface area (Å²) in [5.41, 5.74) is 1.13. The molecular formula is C14H23N2O2+. The zero-order valence-corrected chi connectivity index (χ0v) is 11.8. The van der Waals surface area contributed by atoms with Crippen molar-refractivity contribution >= 4 is 5.78 Å². The third kappa shape index (κ3) is 2.48. The Balaban J connectivity index is 2.33. The van der Waals surface area contributed by atoms with Gasteiger partial charge in [0.25, 0.3) is 5.82 Å². The van der Waals surface area contributed by atoms with Crippen LogP contribution in [-0.4, -0.2) is 17.0 Å². The molecule has 0 fully saturated rings. The maximum atomic E-state index is 11.9. The summed E-state index contributed by atoms with van der Waals surface area (Å²) in [6.07, 6.45) is 2.65. The Labute approximate surface area is 109 Å². The number of carbonyl (C=O) groups excluding carboxylic acids is 1. The van der Waals surface area contributed by atoms with Gasteiger partial charge in [0.05, 0.1) is 19.1 Å². The highest BCUT2D eigenvalue weighted by atomic mass is 16.5. The number of rotatable bonds is 4. The molecule has 100 valence electrons. The van der Waals surface area contributed by atoms with E-state index >= 15 is 0 Å². The van der Waals surface area contributed by atoms with E-state index in [1.807, 2.05) is 13.8 Å². The van der Waals surface area contributed by atoms with Gasteiger partial charge in [0.15, 0.2) is 5.69 Å². The van der Waals surface area contributed by atoms with Gasteiger partial charge in [0, 0.05) is 5.92 Å². The highest BCUT2D eigenvalue weighted by molar-refractivity contribution is 5.82. The molecule has 0 unspecified atom stereocenters. The molecule has 0 spiro atoms. The second-order valence-corrected chi connectivity index (χ2v) is 5.54. The van der Waals surface area contributed by atoms with Gasteiger partial charge in [-0.1, -0.05) is 13.8 Å². The standard InChI is InChI=1S/C14H23N2O2/c1-10(2)13(17)7-12-8-16(11(3)4)14-9-18-6-5-15(12)14/h8,10-11H,5-7,9H2,1-4H3/q+1. The van der Waals surface area contributed by atoms with Crippen LogP contribution in [0.5, 0.6) is 0 Å². The summed E-state index contributed by atoms with van der Waals surface area (Å²) < 4.78 is 10.0. The summed E-state index contributed by atoms with van der Waals surface area (Å²) >= 11 is 0. The molecule has 1 aromatic rings. The van der Waals surface area contributed by atoms with Crippen molar-refractivity contribution in [2.75, 3.05) is 6.61 Å². The Morgan fingerprint density at radius 1 is 1.44 bits per heavy atom. The summed E-state index contributed by atoms with van der Waals surface area (Å²) in [5, 5.41) is 0. The van der Waals surface area contributed by atoms with Crippen LogP contribution in [-0.2, 0) is 29.1 Å². The van der Waals surface area contributed by atoms with E-state index < -0.39 is 0 Å². The van der Waals surface area contributed by atoms with Crippen molar-refractivity contribution in [3.8, 4) is 0 Å². The van der Waals surface area contributed by atoms with Gasteiger partial charge in [-0.2, -0.15) is 0 Å². The Morgan fingerprint density at radius 3 is 2.78 bits per heavy atom. The molecule has 0 saturated heterocycles. The number of hydrogen-bond acceptors (Lipinski definition) is 2. The fourth-order valence-electron chi connectivity index (χ4n) is 2.33. The molecule has 2 heterocycles. The lowest BCUT2D eigenvalue weighted by molar-refractivity contribution is -0.725. The van der Waals surface area contributed by atoms with Crippen LogP contribution in [0.25, 0.3) is 0 Å². The first kappa shape index (κ1) is 13.3. The third-order valence-corrected chi connectivity index (χ3v) is 3.49. The molecule has 0 amide bonds. The second-order valence-electron chi connectivity index (χ2n) is 5.54. The fourth-order valence-corrected chi connectivity index (χ4v) is 2.33. The summed E-state index contributed by atoms with van der Waals surface area (Å²) in [5.74, 6) is 1.59. The van der Waals surface area contributed by atoms with E-state index in [9.17, 15) is 4.79 Å². The molecule has 0 N–H and O–H groups in total. The second kappa shape index (κ2) is 5.22. The van der Waals surface area contributed by atoms with Crippen LogP contribution in [0.1, 0.15) is 45.3 Å². The number of hydrogen-bond donors (Lipinski definition) is 0. The number of imidazole rings is 1. The molecular weight excluding hydrogens is 228 g/mol. The number of carbonyl (C=O) groups is 1. The van der Waals surface area contributed by atoms with Crippen LogP contribution in [0.4, 0.5) is 0 Å². The number of ether oxygens (including phenoxy) is 1. The van der Waals surface area contributed by atoms with Gasteiger partial charge in [-0.3, -0.25) is 4.79 Å². The molecule has 4 heteroatoms. The van der Waals surface area contributed by atoms with Crippen LogP contribution < -0.4 is 4.57 Å². The lowest BCUT2D eigenvalue weighted by Crippen LogP contribution is -2.41. The number of aromatic nitrogens is 2. The van der Waals surface area contributed by atoms with Crippen LogP contribution >= 0.6 is 0 Å². The Kier molecular flexibility index (Phi) is 3.85. The highest BCUT2D eigenvalue weighted by Crippen LogP contribution is 2.14. The zero-order chi connectivity index (χ0) is 13.3. The zero-order valence-electron chi connectivity index (χ0n) is 11.8. The van der Waals surface area contributed by atoms with Crippen molar-refractivity contribution in [2.45, 2.75) is 53.3 Å². The summed E-state index contributed by atoms with van der Waals surface area (Å²) in [4.78, 5) is 11.9. The predicted molar refractivity (Wildman–Crippen MR) is 68.2 cm³/mol. The monoisotopic (exact) mass is 251 g/mol. The molecule has 0 bridgehead atoms. The van der Waals surface area contributed by atoms with Gasteiger partial charge in [0.1, 0.15) is 25.1 Å². The van der Waals surface area contributed by atoms with Crippen molar-refractivity contribution in [3.05, 3.63) is 17.7 Å². The first-order valence-electron chi connectivity index (χ1n) is 6.73. The summed E-state index contributed by atoms with van der Waals surface area (Å²) in [7, 11) is 0. The quantitative estimate of drug-likeness (QED) is 0.763. The van der Waals surface area contributed by atoms with E-state index in [4.69, 9.17) is 4.74 Å². The summed E-state index contributed by atoms with van der Waals surface area (Å²) in [6, 6.07) is 0.399. The van der Waals surface area contributed by atoms with Gasteiger partial charge in [0.2, 0.25) is 0 Å². The largest absolute Gasteiger partial charge is 0.365 e. The van der Waals surface area contributed by atoms with E-state index in [0.717, 1.165) is 18.8 Å². The molecule has 0 aromatic carbocycles. The molecule has 0 radical (unpaired) electrons. The highest BCUT2D eigenvalue weighted by Gasteiger charge is 2.29. The van der Waals surface area contributed by atoms with Gasteiger partial charge in [-0.15, -0.1) is 0 Å². The summed E-state index contributed by atoms with van der Waals surface area (Å²) in [6.45, 7) is 10.5. The van der Waals surface area contributed by atoms with Crippen LogP contribution in [0, 0.1) is 5.92 Å². The maximum Gasteiger partial charge on any atom is 0.283 e. The van der Waals surface area contributed by atoms with E-state index in [1.165, 1.54) is 5.82 Å². The van der Waals surface area contributed by atoms with Crippen molar-refractivity contribution in [3.63, 3.8) is 0 Å². The molecule has 1 aliphatic heterocycles. The first-order valence-corrected chi connectivity index (χ1v) is 6.73. The minimum Gasteiger partial charge on any atom is -0.365 e. The Hall–Kier alpha value is -1.16. The molecule has 4 nitrogen and oxygen atoms in total. The predicted octanol–water partition coefficient (Wildman–Crippen LogP) is 1.65. The molecule has 0 saturated carbocycles. The SMILES string of the molecule is CC(C)C(=O)Cc1c[n+](C(C)C)c2n1CCOC2. The molecule has 0 aliphatic carbocycles. The Bertz CT molecular complexity index is 447. The average Bonchev–Trinajstić information content (AvgIpc) is 2.68. The minimum atomic E-state index is 0.100. The van der Waals surface area contributed by atoms with E-state index in [-0.39, 0.29) is 5.92 Å². The van der Waals surface area contributed by atoms with Gasteiger partial charge in [-0.05, 0) is 13.8 Å². The van der Waals surface area contributed by atoms with Gasteiger partial charge in [-0.25, -0.2) is 9.13 Å². The molecule has 2 rings (SSSR count). The maximum absolute atomic E-state index is 11.9.